The Morgan fingerprint density at radius 2 is 1.94 bits per heavy atom. The largest absolute Gasteiger partial charge is 0.313 e. The zero-order chi connectivity index (χ0) is 13.6. The van der Waals surface area contributed by atoms with Crippen LogP contribution in [0.2, 0.25) is 0 Å². The highest BCUT2D eigenvalue weighted by molar-refractivity contribution is 7.90. The molecule has 0 fully saturated rings. The first-order valence-corrected chi connectivity index (χ1v) is 8.46. The summed E-state index contributed by atoms with van der Waals surface area (Å²) >= 11 is 0. The highest BCUT2D eigenvalue weighted by Gasteiger charge is 2.13. The van der Waals surface area contributed by atoms with E-state index in [2.05, 4.69) is 24.4 Å². The molecule has 3 nitrogen and oxygen atoms in total. The SMILES string of the molecule is CCc1ccccc1C(CCCS(C)(=O)=O)NC. The maximum Gasteiger partial charge on any atom is 0.147 e. The lowest BCUT2D eigenvalue weighted by molar-refractivity contribution is 0.533. The van der Waals surface area contributed by atoms with E-state index in [0.29, 0.717) is 6.42 Å². The first-order chi connectivity index (χ1) is 8.48. The van der Waals surface area contributed by atoms with Crippen LogP contribution in [0, 0.1) is 0 Å². The van der Waals surface area contributed by atoms with Crippen LogP contribution >= 0.6 is 0 Å². The summed E-state index contributed by atoms with van der Waals surface area (Å²) < 4.78 is 22.3. The summed E-state index contributed by atoms with van der Waals surface area (Å²) in [5.41, 5.74) is 2.62. The van der Waals surface area contributed by atoms with Crippen molar-refractivity contribution in [2.75, 3.05) is 19.1 Å². The van der Waals surface area contributed by atoms with Gasteiger partial charge in [-0.05, 0) is 37.4 Å². The first kappa shape index (κ1) is 15.2. The van der Waals surface area contributed by atoms with Gasteiger partial charge in [0, 0.05) is 18.1 Å². The van der Waals surface area contributed by atoms with Gasteiger partial charge in [0.1, 0.15) is 9.84 Å². The molecule has 1 N–H and O–H groups in total. The Hall–Kier alpha value is -0.870. The minimum atomic E-state index is -2.85. The monoisotopic (exact) mass is 269 g/mol. The van der Waals surface area contributed by atoms with E-state index in [1.54, 1.807) is 0 Å². The Balaban J connectivity index is 2.71. The topological polar surface area (TPSA) is 46.2 Å². The van der Waals surface area contributed by atoms with Gasteiger partial charge in [0.25, 0.3) is 0 Å². The Kier molecular flexibility index (Phi) is 5.82. The third kappa shape index (κ3) is 4.78. The zero-order valence-electron chi connectivity index (χ0n) is 11.4. The molecule has 0 aromatic heterocycles. The third-order valence-electron chi connectivity index (χ3n) is 3.17. The second-order valence-corrected chi connectivity index (χ2v) is 6.93. The minimum Gasteiger partial charge on any atom is -0.313 e. The van der Waals surface area contributed by atoms with Crippen LogP contribution in [0.5, 0.6) is 0 Å². The number of sulfone groups is 1. The lowest BCUT2D eigenvalue weighted by atomic mass is 9.96. The van der Waals surface area contributed by atoms with Gasteiger partial charge in [0.05, 0.1) is 0 Å². The van der Waals surface area contributed by atoms with Gasteiger partial charge in [-0.2, -0.15) is 0 Å². The van der Waals surface area contributed by atoms with E-state index in [9.17, 15) is 8.42 Å². The quantitative estimate of drug-likeness (QED) is 0.826. The molecule has 0 aliphatic heterocycles. The number of aryl methyl sites for hydroxylation is 1. The maximum atomic E-state index is 11.1. The molecule has 0 bridgehead atoms. The molecule has 1 aromatic carbocycles. The fourth-order valence-corrected chi connectivity index (χ4v) is 2.89. The van der Waals surface area contributed by atoms with E-state index in [1.165, 1.54) is 17.4 Å². The van der Waals surface area contributed by atoms with Crippen molar-refractivity contribution in [3.8, 4) is 0 Å². The summed E-state index contributed by atoms with van der Waals surface area (Å²) in [6.45, 7) is 2.14. The van der Waals surface area contributed by atoms with Crippen molar-refractivity contribution in [3.63, 3.8) is 0 Å². The van der Waals surface area contributed by atoms with Crippen molar-refractivity contribution >= 4 is 9.84 Å². The van der Waals surface area contributed by atoms with Gasteiger partial charge in [0.15, 0.2) is 0 Å². The lowest BCUT2D eigenvalue weighted by Gasteiger charge is -2.19. The van der Waals surface area contributed by atoms with E-state index in [1.807, 2.05) is 19.2 Å². The van der Waals surface area contributed by atoms with Crippen molar-refractivity contribution in [1.82, 2.24) is 5.32 Å². The molecular weight excluding hydrogens is 246 g/mol. The van der Waals surface area contributed by atoms with E-state index >= 15 is 0 Å². The van der Waals surface area contributed by atoms with E-state index in [-0.39, 0.29) is 11.8 Å². The Labute approximate surface area is 111 Å². The van der Waals surface area contributed by atoms with Crippen LogP contribution in [0.15, 0.2) is 24.3 Å². The molecule has 0 radical (unpaired) electrons. The summed E-state index contributed by atoms with van der Waals surface area (Å²) in [5, 5.41) is 3.28. The van der Waals surface area contributed by atoms with Crippen molar-refractivity contribution in [1.29, 1.82) is 0 Å². The molecule has 0 saturated heterocycles. The summed E-state index contributed by atoms with van der Waals surface area (Å²) in [4.78, 5) is 0. The van der Waals surface area contributed by atoms with Crippen molar-refractivity contribution in [2.24, 2.45) is 0 Å². The predicted octanol–water partition coefficient (Wildman–Crippen LogP) is 2.33. The Morgan fingerprint density at radius 1 is 1.28 bits per heavy atom. The number of nitrogens with one attached hydrogen (secondary N) is 1. The summed E-state index contributed by atoms with van der Waals surface area (Å²) in [6.07, 6.45) is 3.84. The lowest BCUT2D eigenvalue weighted by Crippen LogP contribution is -2.19. The van der Waals surface area contributed by atoms with Gasteiger partial charge in [0.2, 0.25) is 0 Å². The van der Waals surface area contributed by atoms with Gasteiger partial charge in [-0.1, -0.05) is 31.2 Å². The molecule has 1 unspecified atom stereocenters. The average molecular weight is 269 g/mol. The second-order valence-electron chi connectivity index (χ2n) is 4.67. The second kappa shape index (κ2) is 6.90. The van der Waals surface area contributed by atoms with Crippen molar-refractivity contribution in [2.45, 2.75) is 32.2 Å². The molecule has 0 amide bonds. The molecule has 0 aliphatic rings. The predicted molar refractivity (Wildman–Crippen MR) is 76.6 cm³/mol. The highest BCUT2D eigenvalue weighted by atomic mass is 32.2. The normalized spacial score (nSPS) is 13.5. The smallest absolute Gasteiger partial charge is 0.147 e. The van der Waals surface area contributed by atoms with E-state index in [0.717, 1.165) is 12.8 Å². The molecule has 1 aromatic rings. The standard InChI is InChI=1S/C14H23NO2S/c1-4-12-8-5-6-9-13(12)14(15-2)10-7-11-18(3,16)17/h5-6,8-9,14-15H,4,7,10-11H2,1-3H3. The zero-order valence-corrected chi connectivity index (χ0v) is 12.3. The fraction of sp³-hybridized carbons (Fsp3) is 0.571. The van der Waals surface area contributed by atoms with E-state index in [4.69, 9.17) is 0 Å². The number of hydrogen-bond donors (Lipinski definition) is 1. The van der Waals surface area contributed by atoms with Gasteiger partial charge in [-0.15, -0.1) is 0 Å². The number of benzene rings is 1. The van der Waals surface area contributed by atoms with Crippen LogP contribution in [0.25, 0.3) is 0 Å². The van der Waals surface area contributed by atoms with Crippen LogP contribution in [0.1, 0.15) is 36.9 Å². The van der Waals surface area contributed by atoms with Crippen LogP contribution in [-0.2, 0) is 16.3 Å². The maximum absolute atomic E-state index is 11.1. The molecule has 0 aliphatic carbocycles. The third-order valence-corrected chi connectivity index (χ3v) is 4.20. The average Bonchev–Trinajstić information content (AvgIpc) is 2.33. The molecule has 0 spiro atoms. The summed E-state index contributed by atoms with van der Waals surface area (Å²) in [7, 11) is -0.926. The van der Waals surface area contributed by atoms with Crippen LogP contribution in [0.4, 0.5) is 0 Å². The van der Waals surface area contributed by atoms with Gasteiger partial charge < -0.3 is 5.32 Å². The van der Waals surface area contributed by atoms with Crippen molar-refractivity contribution in [3.05, 3.63) is 35.4 Å². The molecule has 4 heteroatoms. The molecule has 1 atom stereocenters. The first-order valence-electron chi connectivity index (χ1n) is 6.40. The number of rotatable bonds is 7. The minimum absolute atomic E-state index is 0.239. The summed E-state index contributed by atoms with van der Waals surface area (Å²) in [6, 6.07) is 8.58. The molecule has 1 rings (SSSR count). The van der Waals surface area contributed by atoms with Crippen LogP contribution in [0.3, 0.4) is 0 Å². The van der Waals surface area contributed by atoms with E-state index < -0.39 is 9.84 Å². The van der Waals surface area contributed by atoms with Crippen LogP contribution < -0.4 is 5.32 Å². The molecule has 0 saturated carbocycles. The molecular formula is C14H23NO2S. The van der Waals surface area contributed by atoms with Gasteiger partial charge >= 0.3 is 0 Å². The summed E-state index contributed by atoms with van der Waals surface area (Å²) in [5.74, 6) is 0.263. The Bertz CT molecular complexity index is 468. The molecule has 18 heavy (non-hydrogen) atoms. The fourth-order valence-electron chi connectivity index (χ4n) is 2.20. The Morgan fingerprint density at radius 3 is 2.50 bits per heavy atom. The van der Waals surface area contributed by atoms with Gasteiger partial charge in [-0.25, -0.2) is 8.42 Å². The van der Waals surface area contributed by atoms with Gasteiger partial charge in [-0.3, -0.25) is 0 Å². The van der Waals surface area contributed by atoms with Crippen molar-refractivity contribution < 1.29 is 8.42 Å². The molecule has 0 heterocycles. The highest BCUT2D eigenvalue weighted by Crippen LogP contribution is 2.22. The molecule has 102 valence electrons. The number of hydrogen-bond acceptors (Lipinski definition) is 3. The van der Waals surface area contributed by atoms with Crippen LogP contribution in [-0.4, -0.2) is 27.5 Å².